The van der Waals surface area contributed by atoms with Crippen LogP contribution in [-0.2, 0) is 9.47 Å². The predicted molar refractivity (Wildman–Crippen MR) is 119 cm³/mol. The highest BCUT2D eigenvalue weighted by Gasteiger charge is 2.19. The molecule has 3 rings (SSSR count). The minimum Gasteiger partial charge on any atom is -0.491 e. The zero-order valence-corrected chi connectivity index (χ0v) is 17.9. The van der Waals surface area contributed by atoms with Crippen molar-refractivity contribution in [1.82, 2.24) is 4.98 Å². The Bertz CT molecular complexity index is 1080. The van der Waals surface area contributed by atoms with E-state index in [0.717, 1.165) is 6.42 Å². The lowest BCUT2D eigenvalue weighted by Gasteiger charge is -2.17. The third-order valence-corrected chi connectivity index (χ3v) is 4.48. The zero-order chi connectivity index (χ0) is 22.2. The first kappa shape index (κ1) is 22.1. The molecule has 1 aromatic heterocycles. The molecule has 31 heavy (non-hydrogen) atoms. The third-order valence-electron chi connectivity index (χ3n) is 4.48. The first-order valence-corrected chi connectivity index (χ1v) is 10.3. The highest BCUT2D eigenvalue weighted by molar-refractivity contribution is 6.08. The summed E-state index contributed by atoms with van der Waals surface area (Å²) in [5, 5.41) is 3.91. The van der Waals surface area contributed by atoms with E-state index in [1.807, 2.05) is 31.2 Å². The Morgan fingerprint density at radius 3 is 2.45 bits per heavy atom. The SMILES string of the molecule is CCCOc1ccccc1Nc1c(C(=O)OCC)cnc2ccc(C(=O)OCC)cc12. The highest BCUT2D eigenvalue weighted by atomic mass is 16.5. The molecule has 7 nitrogen and oxygen atoms in total. The van der Waals surface area contributed by atoms with E-state index < -0.39 is 11.9 Å². The van der Waals surface area contributed by atoms with Crippen LogP contribution in [0.2, 0.25) is 0 Å². The zero-order valence-electron chi connectivity index (χ0n) is 17.9. The van der Waals surface area contributed by atoms with Crippen molar-refractivity contribution < 1.29 is 23.8 Å². The smallest absolute Gasteiger partial charge is 0.341 e. The Morgan fingerprint density at radius 1 is 0.968 bits per heavy atom. The molecule has 0 radical (unpaired) electrons. The molecule has 0 aliphatic heterocycles. The second kappa shape index (κ2) is 10.4. The van der Waals surface area contributed by atoms with Crippen molar-refractivity contribution in [1.29, 1.82) is 0 Å². The van der Waals surface area contributed by atoms with E-state index in [4.69, 9.17) is 14.2 Å². The van der Waals surface area contributed by atoms with Gasteiger partial charge < -0.3 is 19.5 Å². The van der Waals surface area contributed by atoms with Gasteiger partial charge in [-0.3, -0.25) is 4.98 Å². The molecule has 0 saturated heterocycles. The van der Waals surface area contributed by atoms with Crippen LogP contribution in [0.4, 0.5) is 11.4 Å². The number of nitrogens with one attached hydrogen (secondary N) is 1. The number of carbonyl (C=O) groups is 2. The number of anilines is 2. The summed E-state index contributed by atoms with van der Waals surface area (Å²) >= 11 is 0. The summed E-state index contributed by atoms with van der Waals surface area (Å²) in [6.07, 6.45) is 2.34. The van der Waals surface area contributed by atoms with Gasteiger partial charge in [-0.1, -0.05) is 19.1 Å². The largest absolute Gasteiger partial charge is 0.491 e. The van der Waals surface area contributed by atoms with Crippen LogP contribution in [0, 0.1) is 0 Å². The maximum atomic E-state index is 12.7. The Kier molecular flexibility index (Phi) is 7.43. The summed E-state index contributed by atoms with van der Waals surface area (Å²) in [6, 6.07) is 12.5. The summed E-state index contributed by atoms with van der Waals surface area (Å²) in [5.74, 6) is -0.290. The number of hydrogen-bond acceptors (Lipinski definition) is 7. The normalized spacial score (nSPS) is 10.5. The molecule has 1 N–H and O–H groups in total. The van der Waals surface area contributed by atoms with Crippen LogP contribution in [-0.4, -0.2) is 36.7 Å². The van der Waals surface area contributed by atoms with Crippen LogP contribution < -0.4 is 10.1 Å². The molecule has 0 bridgehead atoms. The topological polar surface area (TPSA) is 86.8 Å². The fourth-order valence-corrected chi connectivity index (χ4v) is 3.07. The van der Waals surface area contributed by atoms with E-state index in [9.17, 15) is 9.59 Å². The Labute approximate surface area is 181 Å². The van der Waals surface area contributed by atoms with Crippen molar-refractivity contribution in [3.05, 3.63) is 59.8 Å². The van der Waals surface area contributed by atoms with Crippen molar-refractivity contribution in [2.75, 3.05) is 25.1 Å². The van der Waals surface area contributed by atoms with Gasteiger partial charge in [0, 0.05) is 11.6 Å². The molecular formula is C24H26N2O5. The number of esters is 2. The summed E-state index contributed by atoms with van der Waals surface area (Å²) in [5.41, 5.74) is 2.43. The van der Waals surface area contributed by atoms with Gasteiger partial charge in [0.05, 0.1) is 42.3 Å². The number of pyridine rings is 1. The number of para-hydroxylation sites is 2. The number of hydrogen-bond donors (Lipinski definition) is 1. The van der Waals surface area contributed by atoms with Crippen molar-refractivity contribution in [3.8, 4) is 5.75 Å². The van der Waals surface area contributed by atoms with Crippen molar-refractivity contribution in [2.45, 2.75) is 27.2 Å². The van der Waals surface area contributed by atoms with Crippen molar-refractivity contribution in [2.24, 2.45) is 0 Å². The van der Waals surface area contributed by atoms with Gasteiger partial charge in [0.1, 0.15) is 11.3 Å². The quantitative estimate of drug-likeness (QED) is 0.479. The van der Waals surface area contributed by atoms with E-state index in [0.29, 0.717) is 40.2 Å². The van der Waals surface area contributed by atoms with Gasteiger partial charge in [-0.15, -0.1) is 0 Å². The maximum Gasteiger partial charge on any atom is 0.341 e. The molecule has 0 unspecified atom stereocenters. The number of fused-ring (bicyclic) bond motifs is 1. The molecule has 1 heterocycles. The minimum atomic E-state index is -0.507. The lowest BCUT2D eigenvalue weighted by Crippen LogP contribution is -2.10. The number of carbonyl (C=O) groups excluding carboxylic acids is 2. The van der Waals surface area contributed by atoms with Gasteiger partial charge in [0.2, 0.25) is 0 Å². The van der Waals surface area contributed by atoms with Crippen LogP contribution in [0.25, 0.3) is 10.9 Å². The lowest BCUT2D eigenvalue weighted by molar-refractivity contribution is 0.0518. The first-order chi connectivity index (χ1) is 15.1. The fourth-order valence-electron chi connectivity index (χ4n) is 3.07. The van der Waals surface area contributed by atoms with Crippen LogP contribution >= 0.6 is 0 Å². The van der Waals surface area contributed by atoms with Crippen LogP contribution in [0.3, 0.4) is 0 Å². The summed E-state index contributed by atoms with van der Waals surface area (Å²) in [4.78, 5) is 29.3. The number of ether oxygens (including phenoxy) is 3. The molecule has 0 fully saturated rings. The van der Waals surface area contributed by atoms with Crippen LogP contribution in [0.1, 0.15) is 47.9 Å². The highest BCUT2D eigenvalue weighted by Crippen LogP contribution is 2.34. The molecule has 3 aromatic rings. The van der Waals surface area contributed by atoms with E-state index in [-0.39, 0.29) is 18.8 Å². The number of nitrogens with zero attached hydrogens (tertiary/aromatic N) is 1. The van der Waals surface area contributed by atoms with Crippen molar-refractivity contribution >= 4 is 34.2 Å². The number of aromatic nitrogens is 1. The lowest BCUT2D eigenvalue weighted by atomic mass is 10.1. The van der Waals surface area contributed by atoms with Crippen LogP contribution in [0.5, 0.6) is 5.75 Å². The average molecular weight is 422 g/mol. The molecule has 162 valence electrons. The van der Waals surface area contributed by atoms with Crippen LogP contribution in [0.15, 0.2) is 48.7 Å². The monoisotopic (exact) mass is 422 g/mol. The molecule has 7 heteroatoms. The first-order valence-electron chi connectivity index (χ1n) is 10.3. The summed E-state index contributed by atoms with van der Waals surface area (Å²) < 4.78 is 16.2. The van der Waals surface area contributed by atoms with Gasteiger partial charge in [-0.2, -0.15) is 0 Å². The molecule has 0 aliphatic carbocycles. The molecule has 0 amide bonds. The fraction of sp³-hybridized carbons (Fsp3) is 0.292. The average Bonchev–Trinajstić information content (AvgIpc) is 2.78. The van der Waals surface area contributed by atoms with E-state index in [1.165, 1.54) is 6.20 Å². The maximum absolute atomic E-state index is 12.7. The molecule has 0 spiro atoms. The molecule has 2 aromatic carbocycles. The van der Waals surface area contributed by atoms with Gasteiger partial charge in [-0.05, 0) is 50.6 Å². The summed E-state index contributed by atoms with van der Waals surface area (Å²) in [7, 11) is 0. The van der Waals surface area contributed by atoms with Gasteiger partial charge in [0.25, 0.3) is 0 Å². The summed E-state index contributed by atoms with van der Waals surface area (Å²) in [6.45, 7) is 6.59. The Morgan fingerprint density at radius 2 is 1.71 bits per heavy atom. The van der Waals surface area contributed by atoms with Gasteiger partial charge in [-0.25, -0.2) is 9.59 Å². The third kappa shape index (κ3) is 5.12. The number of rotatable bonds is 9. The molecule has 0 aliphatic rings. The van der Waals surface area contributed by atoms with Crippen molar-refractivity contribution in [3.63, 3.8) is 0 Å². The van der Waals surface area contributed by atoms with E-state index in [1.54, 1.807) is 32.0 Å². The van der Waals surface area contributed by atoms with E-state index >= 15 is 0 Å². The molecule has 0 atom stereocenters. The second-order valence-electron chi connectivity index (χ2n) is 6.69. The molecule has 0 saturated carbocycles. The standard InChI is InChI=1S/C24H26N2O5/c1-4-13-31-21-10-8-7-9-20(21)26-22-17-14-16(23(27)29-5-2)11-12-19(17)25-15-18(22)24(28)30-6-3/h7-12,14-15H,4-6,13H2,1-3H3,(H,25,26). The second-order valence-corrected chi connectivity index (χ2v) is 6.69. The number of benzene rings is 2. The van der Waals surface area contributed by atoms with E-state index in [2.05, 4.69) is 10.3 Å². The Hall–Kier alpha value is -3.61. The minimum absolute atomic E-state index is 0.232. The molecular weight excluding hydrogens is 396 g/mol. The van der Waals surface area contributed by atoms with Gasteiger partial charge >= 0.3 is 11.9 Å². The van der Waals surface area contributed by atoms with Gasteiger partial charge in [0.15, 0.2) is 0 Å². The predicted octanol–water partition coefficient (Wildman–Crippen LogP) is 5.12. The Balaban J connectivity index is 2.15.